The van der Waals surface area contributed by atoms with Crippen molar-refractivity contribution in [1.29, 1.82) is 0 Å². The molecule has 7 heteroatoms. The van der Waals surface area contributed by atoms with Crippen LogP contribution in [0.5, 0.6) is 0 Å². The molecule has 2 heterocycles. The van der Waals surface area contributed by atoms with E-state index in [1.165, 1.54) is 7.11 Å². The molecule has 0 saturated carbocycles. The average molecular weight is 327 g/mol. The molecule has 1 spiro atoms. The first-order chi connectivity index (χ1) is 10.6. The summed E-state index contributed by atoms with van der Waals surface area (Å²) in [6, 6.07) is -0.198. The first-order valence-corrected chi connectivity index (χ1v) is 7.84. The van der Waals surface area contributed by atoms with Gasteiger partial charge >= 0.3 is 12.1 Å². The molecular weight excluding hydrogens is 302 g/mol. The lowest BCUT2D eigenvalue weighted by atomic mass is 9.77. The van der Waals surface area contributed by atoms with Gasteiger partial charge in [0.25, 0.3) is 0 Å². The Kier molecular flexibility index (Phi) is 4.71. The summed E-state index contributed by atoms with van der Waals surface area (Å²) >= 11 is 0. The van der Waals surface area contributed by atoms with Gasteiger partial charge in [-0.1, -0.05) is 0 Å². The van der Waals surface area contributed by atoms with Gasteiger partial charge in [0.2, 0.25) is 0 Å². The number of Topliss-reactive ketones (excluding diaryl/α,β-unsaturated/α-hetero) is 1. The molecule has 2 saturated heterocycles. The van der Waals surface area contributed by atoms with Crippen LogP contribution in [0.4, 0.5) is 4.79 Å². The number of hydrogen-bond donors (Lipinski definition) is 0. The molecule has 1 amide bonds. The van der Waals surface area contributed by atoms with Crippen LogP contribution >= 0.6 is 0 Å². The van der Waals surface area contributed by atoms with Crippen LogP contribution in [-0.2, 0) is 23.8 Å². The third-order valence-corrected chi connectivity index (χ3v) is 4.36. The van der Waals surface area contributed by atoms with Gasteiger partial charge in [0.05, 0.1) is 12.7 Å². The Labute approximate surface area is 136 Å². The normalized spacial score (nSPS) is 31.3. The van der Waals surface area contributed by atoms with Crippen molar-refractivity contribution < 1.29 is 28.6 Å². The third-order valence-electron chi connectivity index (χ3n) is 4.36. The highest BCUT2D eigenvalue weighted by molar-refractivity contribution is 6.02. The first kappa shape index (κ1) is 17.7. The number of amides is 1. The molecule has 130 valence electrons. The van der Waals surface area contributed by atoms with E-state index in [1.54, 1.807) is 4.90 Å². The predicted molar refractivity (Wildman–Crippen MR) is 80.8 cm³/mol. The minimum Gasteiger partial charge on any atom is -0.468 e. The molecular formula is C16H25NO6. The fourth-order valence-electron chi connectivity index (χ4n) is 3.37. The maximum Gasteiger partial charge on any atom is 0.410 e. The summed E-state index contributed by atoms with van der Waals surface area (Å²) in [7, 11) is 1.26. The molecule has 23 heavy (non-hydrogen) atoms. The minimum atomic E-state index is -0.907. The summed E-state index contributed by atoms with van der Waals surface area (Å²) in [5.74, 6) is -1.73. The van der Waals surface area contributed by atoms with Gasteiger partial charge in [-0.3, -0.25) is 9.59 Å². The number of piperidine rings is 1. The van der Waals surface area contributed by atoms with Gasteiger partial charge in [0.15, 0.2) is 5.78 Å². The zero-order chi connectivity index (χ0) is 17.4. The number of hydrogen-bond acceptors (Lipinski definition) is 6. The van der Waals surface area contributed by atoms with Crippen molar-refractivity contribution in [3.8, 4) is 0 Å². The van der Waals surface area contributed by atoms with Crippen LogP contribution in [0.2, 0.25) is 0 Å². The van der Waals surface area contributed by atoms with Gasteiger partial charge in [-0.2, -0.15) is 0 Å². The van der Waals surface area contributed by atoms with Gasteiger partial charge in [-0.15, -0.1) is 0 Å². The van der Waals surface area contributed by atoms with Gasteiger partial charge in [0.1, 0.15) is 18.1 Å². The molecule has 2 aliphatic rings. The number of nitrogens with zero attached hydrogens (tertiary/aromatic N) is 1. The van der Waals surface area contributed by atoms with E-state index in [1.807, 2.05) is 27.7 Å². The summed E-state index contributed by atoms with van der Waals surface area (Å²) in [5, 5.41) is 0. The van der Waals surface area contributed by atoms with Crippen LogP contribution in [0, 0.1) is 5.92 Å². The summed E-state index contributed by atoms with van der Waals surface area (Å²) in [6.45, 7) is 7.59. The van der Waals surface area contributed by atoms with Crippen LogP contribution < -0.4 is 0 Å². The molecule has 1 unspecified atom stereocenters. The Bertz CT molecular complexity index is 511. The second-order valence-electron chi connectivity index (χ2n) is 7.25. The Morgan fingerprint density at radius 3 is 2.52 bits per heavy atom. The molecule has 7 nitrogen and oxygen atoms in total. The monoisotopic (exact) mass is 327 g/mol. The van der Waals surface area contributed by atoms with E-state index in [4.69, 9.17) is 14.2 Å². The Morgan fingerprint density at radius 1 is 1.35 bits per heavy atom. The van der Waals surface area contributed by atoms with Crippen molar-refractivity contribution in [2.24, 2.45) is 5.92 Å². The van der Waals surface area contributed by atoms with Crippen LogP contribution in [-0.4, -0.2) is 60.3 Å². The Balaban J connectivity index is 2.12. The number of methoxy groups -OCH3 is 1. The maximum absolute atomic E-state index is 12.3. The van der Waals surface area contributed by atoms with Crippen LogP contribution in [0.25, 0.3) is 0 Å². The van der Waals surface area contributed by atoms with Crippen molar-refractivity contribution in [2.75, 3.05) is 20.3 Å². The largest absolute Gasteiger partial charge is 0.468 e. The molecule has 2 rings (SSSR count). The van der Waals surface area contributed by atoms with Crippen molar-refractivity contribution in [3.05, 3.63) is 0 Å². The van der Waals surface area contributed by atoms with E-state index < -0.39 is 29.2 Å². The summed E-state index contributed by atoms with van der Waals surface area (Å²) in [4.78, 5) is 37.9. The highest BCUT2D eigenvalue weighted by Gasteiger charge is 2.57. The molecule has 0 aromatic heterocycles. The second-order valence-corrected chi connectivity index (χ2v) is 7.25. The Hall–Kier alpha value is -1.63. The molecule has 0 bridgehead atoms. The number of carbonyl (C=O) groups is 3. The number of esters is 1. The molecule has 0 aromatic rings. The fourth-order valence-corrected chi connectivity index (χ4v) is 3.37. The SMILES string of the molecule is COC(=O)C1C(=O)CO[C@]12CCN(C(=O)OC(C)(C)C)[C@H](C)C2. The molecule has 0 aromatic carbocycles. The molecule has 2 fully saturated rings. The lowest BCUT2D eigenvalue weighted by Crippen LogP contribution is -2.56. The van der Waals surface area contributed by atoms with E-state index in [-0.39, 0.29) is 18.4 Å². The lowest BCUT2D eigenvalue weighted by Gasteiger charge is -2.44. The lowest BCUT2D eigenvalue weighted by molar-refractivity contribution is -0.157. The van der Waals surface area contributed by atoms with E-state index >= 15 is 0 Å². The van der Waals surface area contributed by atoms with Crippen LogP contribution in [0.1, 0.15) is 40.5 Å². The molecule has 0 aliphatic carbocycles. The van der Waals surface area contributed by atoms with Crippen LogP contribution in [0.3, 0.4) is 0 Å². The summed E-state index contributed by atoms with van der Waals surface area (Å²) in [5.41, 5.74) is -1.44. The van der Waals surface area contributed by atoms with Gasteiger partial charge < -0.3 is 19.1 Å². The van der Waals surface area contributed by atoms with Crippen molar-refractivity contribution in [1.82, 2.24) is 4.90 Å². The van der Waals surface area contributed by atoms with Gasteiger partial charge in [-0.25, -0.2) is 4.79 Å². The quantitative estimate of drug-likeness (QED) is 0.536. The second kappa shape index (κ2) is 6.11. The fraction of sp³-hybridized carbons (Fsp3) is 0.812. The minimum absolute atomic E-state index is 0.0844. The predicted octanol–water partition coefficient (Wildman–Crippen LogP) is 1.53. The van der Waals surface area contributed by atoms with E-state index in [0.29, 0.717) is 19.4 Å². The van der Waals surface area contributed by atoms with E-state index in [9.17, 15) is 14.4 Å². The topological polar surface area (TPSA) is 82.1 Å². The van der Waals surface area contributed by atoms with Gasteiger partial charge in [0, 0.05) is 12.6 Å². The van der Waals surface area contributed by atoms with E-state index in [0.717, 1.165) is 0 Å². The molecule has 0 N–H and O–H groups in total. The number of carbonyl (C=O) groups excluding carboxylic acids is 3. The summed E-state index contributed by atoms with van der Waals surface area (Å²) < 4.78 is 15.9. The smallest absolute Gasteiger partial charge is 0.410 e. The molecule has 3 atom stereocenters. The molecule has 0 radical (unpaired) electrons. The van der Waals surface area contributed by atoms with Crippen molar-refractivity contribution in [3.63, 3.8) is 0 Å². The number of ketones is 1. The van der Waals surface area contributed by atoms with Gasteiger partial charge in [-0.05, 0) is 40.5 Å². The third kappa shape index (κ3) is 3.49. The standard InChI is InChI=1S/C16H25NO6/c1-10-8-16(12(13(19)21-5)11(18)9-22-16)6-7-17(10)14(20)23-15(2,3)4/h10,12H,6-9H2,1-5H3/t10-,12?,16+/m1/s1. The maximum atomic E-state index is 12.3. The zero-order valence-electron chi connectivity index (χ0n) is 14.4. The summed E-state index contributed by atoms with van der Waals surface area (Å²) in [6.07, 6.45) is 0.415. The average Bonchev–Trinajstić information content (AvgIpc) is 2.72. The van der Waals surface area contributed by atoms with Crippen molar-refractivity contribution >= 4 is 17.8 Å². The first-order valence-electron chi connectivity index (χ1n) is 7.84. The highest BCUT2D eigenvalue weighted by atomic mass is 16.6. The number of ether oxygens (including phenoxy) is 3. The van der Waals surface area contributed by atoms with Crippen molar-refractivity contribution in [2.45, 2.75) is 57.8 Å². The molecule has 2 aliphatic heterocycles. The number of rotatable bonds is 1. The number of likely N-dealkylation sites (tertiary alicyclic amines) is 1. The highest BCUT2D eigenvalue weighted by Crippen LogP contribution is 2.42. The van der Waals surface area contributed by atoms with E-state index in [2.05, 4.69) is 0 Å². The van der Waals surface area contributed by atoms with Crippen LogP contribution in [0.15, 0.2) is 0 Å². The Morgan fingerprint density at radius 2 is 2.00 bits per heavy atom. The zero-order valence-corrected chi connectivity index (χ0v) is 14.4.